The summed E-state index contributed by atoms with van der Waals surface area (Å²) in [6.45, 7) is 4.12. The number of fused-ring (bicyclic) bond motifs is 1. The largest absolute Gasteiger partial charge is 0.465 e. The second kappa shape index (κ2) is 9.36. The van der Waals surface area contributed by atoms with Gasteiger partial charge in [-0.1, -0.05) is 48.5 Å². The molecule has 0 atom stereocenters. The molecule has 0 saturated carbocycles. The quantitative estimate of drug-likeness (QED) is 0.534. The molecule has 4 rings (SSSR count). The van der Waals surface area contributed by atoms with Gasteiger partial charge in [0.15, 0.2) is 0 Å². The molecule has 2 heterocycles. The second-order valence-electron chi connectivity index (χ2n) is 7.76. The Bertz CT molecular complexity index is 1220. The monoisotopic (exact) mass is 453 g/mol. The van der Waals surface area contributed by atoms with Gasteiger partial charge in [-0.3, -0.25) is 9.88 Å². The highest BCUT2D eigenvalue weighted by molar-refractivity contribution is 7.89. The number of rotatable bonds is 6. The lowest BCUT2D eigenvalue weighted by molar-refractivity contribution is 0.0598. The summed E-state index contributed by atoms with van der Waals surface area (Å²) >= 11 is 0. The zero-order chi connectivity index (χ0) is 22.7. The first-order valence-electron chi connectivity index (χ1n) is 10.7. The van der Waals surface area contributed by atoms with E-state index in [1.165, 1.54) is 11.4 Å². The minimum Gasteiger partial charge on any atom is -0.465 e. The third kappa shape index (κ3) is 4.39. The number of ether oxygens (including phenoxy) is 1. The van der Waals surface area contributed by atoms with E-state index in [4.69, 9.17) is 9.72 Å². The van der Waals surface area contributed by atoms with Gasteiger partial charge in [-0.25, -0.2) is 13.2 Å². The average Bonchev–Trinajstić information content (AvgIpc) is 2.83. The van der Waals surface area contributed by atoms with Crippen LogP contribution >= 0.6 is 0 Å². The number of esters is 1. The van der Waals surface area contributed by atoms with Crippen LogP contribution in [0.3, 0.4) is 0 Å². The number of nitrogens with zero attached hydrogens (tertiary/aromatic N) is 3. The second-order valence-corrected chi connectivity index (χ2v) is 10.0. The van der Waals surface area contributed by atoms with Gasteiger partial charge in [-0.2, -0.15) is 4.31 Å². The molecular weight excluding hydrogens is 426 g/mol. The lowest BCUT2D eigenvalue weighted by Gasteiger charge is -2.34. The number of pyridine rings is 1. The summed E-state index contributed by atoms with van der Waals surface area (Å²) in [6.07, 6.45) is 0. The molecule has 32 heavy (non-hydrogen) atoms. The minimum absolute atomic E-state index is 0.103. The number of carbonyl (C=O) groups excluding carboxylic acids is 1. The number of sulfonamides is 1. The van der Waals surface area contributed by atoms with Crippen LogP contribution in [0.15, 0.2) is 54.6 Å². The first kappa shape index (κ1) is 22.4. The van der Waals surface area contributed by atoms with E-state index in [-0.39, 0.29) is 5.75 Å². The summed E-state index contributed by atoms with van der Waals surface area (Å²) in [7, 11) is -1.82. The maximum Gasteiger partial charge on any atom is 0.340 e. The fourth-order valence-corrected chi connectivity index (χ4v) is 5.25. The Morgan fingerprint density at radius 3 is 2.31 bits per heavy atom. The van der Waals surface area contributed by atoms with Crippen LogP contribution in [-0.2, 0) is 21.3 Å². The summed E-state index contributed by atoms with van der Waals surface area (Å²) in [5.41, 5.74) is 3.64. The van der Waals surface area contributed by atoms with Crippen molar-refractivity contribution in [3.63, 3.8) is 0 Å². The van der Waals surface area contributed by atoms with Crippen LogP contribution in [-0.4, -0.2) is 67.6 Å². The Kier molecular flexibility index (Phi) is 6.55. The highest BCUT2D eigenvalue weighted by Crippen LogP contribution is 2.34. The van der Waals surface area contributed by atoms with Crippen LogP contribution in [0.2, 0.25) is 0 Å². The molecule has 0 unspecified atom stereocenters. The molecule has 0 bridgehead atoms. The molecule has 2 aromatic carbocycles. The first-order chi connectivity index (χ1) is 15.4. The predicted octanol–water partition coefficient (Wildman–Crippen LogP) is 3.16. The Hall–Kier alpha value is -2.81. The summed E-state index contributed by atoms with van der Waals surface area (Å²) < 4.78 is 31.1. The maximum atomic E-state index is 13.0. The van der Waals surface area contributed by atoms with Gasteiger partial charge in [0.1, 0.15) is 0 Å². The van der Waals surface area contributed by atoms with Crippen LogP contribution in [0.25, 0.3) is 22.0 Å². The Morgan fingerprint density at radius 1 is 1.00 bits per heavy atom. The van der Waals surface area contributed by atoms with Crippen molar-refractivity contribution in [3.05, 3.63) is 65.9 Å². The molecule has 8 heteroatoms. The Labute approximate surface area is 188 Å². The number of para-hydroxylation sites is 1. The van der Waals surface area contributed by atoms with Crippen molar-refractivity contribution in [1.29, 1.82) is 0 Å². The van der Waals surface area contributed by atoms with Crippen molar-refractivity contribution in [1.82, 2.24) is 14.2 Å². The first-order valence-corrected chi connectivity index (χ1v) is 12.3. The van der Waals surface area contributed by atoms with Crippen molar-refractivity contribution in [2.24, 2.45) is 0 Å². The highest BCUT2D eigenvalue weighted by Gasteiger charge is 2.28. The van der Waals surface area contributed by atoms with Crippen LogP contribution < -0.4 is 0 Å². The van der Waals surface area contributed by atoms with E-state index in [1.54, 1.807) is 6.92 Å². The van der Waals surface area contributed by atoms with Gasteiger partial charge in [0.2, 0.25) is 10.0 Å². The molecule has 0 radical (unpaired) electrons. The molecule has 1 aliphatic heterocycles. The number of hydrogen-bond acceptors (Lipinski definition) is 6. The van der Waals surface area contributed by atoms with E-state index in [2.05, 4.69) is 4.90 Å². The third-order valence-corrected chi connectivity index (χ3v) is 7.76. The number of piperazine rings is 1. The predicted molar refractivity (Wildman–Crippen MR) is 125 cm³/mol. The SMILES string of the molecule is CCS(=O)(=O)N1CCN(Cc2nc3ccccc3c(-c3ccccc3)c2C(=O)OC)CC1. The molecule has 0 amide bonds. The van der Waals surface area contributed by atoms with Gasteiger partial charge >= 0.3 is 5.97 Å². The summed E-state index contributed by atoms with van der Waals surface area (Å²) in [4.78, 5) is 19.9. The van der Waals surface area contributed by atoms with Crippen molar-refractivity contribution < 1.29 is 17.9 Å². The third-order valence-electron chi connectivity index (χ3n) is 5.88. The highest BCUT2D eigenvalue weighted by atomic mass is 32.2. The Morgan fingerprint density at radius 2 is 1.66 bits per heavy atom. The molecule has 0 aliphatic carbocycles. The smallest absolute Gasteiger partial charge is 0.340 e. The van der Waals surface area contributed by atoms with Crippen molar-refractivity contribution >= 4 is 26.9 Å². The van der Waals surface area contributed by atoms with E-state index >= 15 is 0 Å². The van der Waals surface area contributed by atoms with Crippen LogP contribution in [0.5, 0.6) is 0 Å². The number of carbonyl (C=O) groups is 1. The zero-order valence-electron chi connectivity index (χ0n) is 18.3. The summed E-state index contributed by atoms with van der Waals surface area (Å²) in [5.74, 6) is -0.323. The molecular formula is C24H27N3O4S. The molecule has 7 nitrogen and oxygen atoms in total. The number of aromatic nitrogens is 1. The molecule has 1 aliphatic rings. The number of hydrogen-bond donors (Lipinski definition) is 0. The average molecular weight is 454 g/mol. The normalized spacial score (nSPS) is 15.7. The minimum atomic E-state index is -3.20. The fraction of sp³-hybridized carbons (Fsp3) is 0.333. The molecule has 0 N–H and O–H groups in total. The van der Waals surface area contributed by atoms with Gasteiger partial charge in [-0.15, -0.1) is 0 Å². The number of benzene rings is 2. The van der Waals surface area contributed by atoms with Gasteiger partial charge in [0.25, 0.3) is 0 Å². The zero-order valence-corrected chi connectivity index (χ0v) is 19.1. The summed E-state index contributed by atoms with van der Waals surface area (Å²) in [5, 5.41) is 0.890. The van der Waals surface area contributed by atoms with Crippen molar-refractivity contribution in [3.8, 4) is 11.1 Å². The lowest BCUT2D eigenvalue weighted by atomic mass is 9.94. The van der Waals surface area contributed by atoms with E-state index in [0.29, 0.717) is 44.0 Å². The van der Waals surface area contributed by atoms with Gasteiger partial charge in [0, 0.05) is 43.7 Å². The molecule has 168 valence electrons. The van der Waals surface area contributed by atoms with E-state index < -0.39 is 16.0 Å². The lowest BCUT2D eigenvalue weighted by Crippen LogP contribution is -2.48. The molecule has 1 fully saturated rings. The number of methoxy groups -OCH3 is 1. The topological polar surface area (TPSA) is 79.8 Å². The van der Waals surface area contributed by atoms with Crippen LogP contribution in [0.4, 0.5) is 0 Å². The van der Waals surface area contributed by atoms with Gasteiger partial charge < -0.3 is 4.74 Å². The molecule has 3 aromatic rings. The van der Waals surface area contributed by atoms with Crippen molar-refractivity contribution in [2.75, 3.05) is 39.0 Å². The van der Waals surface area contributed by atoms with Gasteiger partial charge in [-0.05, 0) is 18.6 Å². The molecule has 0 spiro atoms. The molecule has 1 aromatic heterocycles. The standard InChI is InChI=1S/C24H27N3O4S/c1-3-32(29,30)27-15-13-26(14-16-27)17-21-23(24(28)31-2)22(18-9-5-4-6-10-18)19-11-7-8-12-20(19)25-21/h4-12H,3,13-17H2,1-2H3. The van der Waals surface area contributed by atoms with E-state index in [1.807, 2.05) is 54.6 Å². The van der Waals surface area contributed by atoms with E-state index in [9.17, 15) is 13.2 Å². The maximum absolute atomic E-state index is 13.0. The van der Waals surface area contributed by atoms with Crippen LogP contribution in [0.1, 0.15) is 23.0 Å². The van der Waals surface area contributed by atoms with Crippen LogP contribution in [0, 0.1) is 0 Å². The fourth-order valence-electron chi connectivity index (χ4n) is 4.16. The summed E-state index contributed by atoms with van der Waals surface area (Å²) in [6, 6.07) is 17.6. The van der Waals surface area contributed by atoms with Crippen molar-refractivity contribution in [2.45, 2.75) is 13.5 Å². The van der Waals surface area contributed by atoms with E-state index in [0.717, 1.165) is 22.0 Å². The van der Waals surface area contributed by atoms with Gasteiger partial charge in [0.05, 0.1) is 29.6 Å². The molecule has 1 saturated heterocycles. The Balaban J connectivity index is 1.76.